The van der Waals surface area contributed by atoms with E-state index in [2.05, 4.69) is 31.2 Å². The third kappa shape index (κ3) is 4.13. The first-order valence-electron chi connectivity index (χ1n) is 9.23. The maximum atomic E-state index is 13.0. The number of amides is 3. The molecule has 7 nitrogen and oxygen atoms in total. The first kappa shape index (κ1) is 18.9. The van der Waals surface area contributed by atoms with Crippen molar-refractivity contribution >= 4 is 11.9 Å². The highest BCUT2D eigenvalue weighted by atomic mass is 16.2. The molecule has 2 heterocycles. The summed E-state index contributed by atoms with van der Waals surface area (Å²) in [7, 11) is 1.76. The molecular formula is C20H27N5O2. The molecule has 3 rings (SSSR count). The summed E-state index contributed by atoms with van der Waals surface area (Å²) in [6.07, 6.45) is 0.758. The second kappa shape index (κ2) is 7.42. The quantitative estimate of drug-likeness (QED) is 0.904. The number of carbonyl (C=O) groups is 2. The number of benzene rings is 1. The fraction of sp³-hybridized carbons (Fsp3) is 0.450. The van der Waals surface area contributed by atoms with Crippen molar-refractivity contribution in [2.24, 2.45) is 7.05 Å². The molecule has 7 heteroatoms. The number of hydrogen-bond donors (Lipinski definition) is 1. The number of carbonyl (C=O) groups excluding carboxylic acids is 2. The number of hydrazine groups is 1. The fourth-order valence-electron chi connectivity index (χ4n) is 3.06. The van der Waals surface area contributed by atoms with Gasteiger partial charge in [0.25, 0.3) is 5.91 Å². The van der Waals surface area contributed by atoms with Crippen LogP contribution in [-0.4, -0.2) is 44.8 Å². The summed E-state index contributed by atoms with van der Waals surface area (Å²) in [5, 5.41) is 10.4. The summed E-state index contributed by atoms with van der Waals surface area (Å²) in [6.45, 7) is 7.65. The van der Waals surface area contributed by atoms with Crippen LogP contribution >= 0.6 is 0 Å². The van der Waals surface area contributed by atoms with Gasteiger partial charge in [-0.05, 0) is 18.1 Å². The Bertz CT molecular complexity index is 823. The van der Waals surface area contributed by atoms with Gasteiger partial charge >= 0.3 is 6.03 Å². The Kier molecular flexibility index (Phi) is 5.21. The highest BCUT2D eigenvalue weighted by molar-refractivity contribution is 5.94. The van der Waals surface area contributed by atoms with Crippen molar-refractivity contribution in [3.8, 4) is 0 Å². The fourth-order valence-corrected chi connectivity index (χ4v) is 3.06. The summed E-state index contributed by atoms with van der Waals surface area (Å²) in [6, 6.07) is 11.3. The van der Waals surface area contributed by atoms with E-state index in [0.717, 1.165) is 17.7 Å². The summed E-state index contributed by atoms with van der Waals surface area (Å²) >= 11 is 0. The van der Waals surface area contributed by atoms with Crippen LogP contribution in [0.1, 0.15) is 48.9 Å². The summed E-state index contributed by atoms with van der Waals surface area (Å²) in [5.74, 6) is -0.201. The van der Waals surface area contributed by atoms with Crippen molar-refractivity contribution in [1.82, 2.24) is 25.1 Å². The minimum absolute atomic E-state index is 0.145. The lowest BCUT2D eigenvalue weighted by Crippen LogP contribution is -2.49. The molecule has 1 aliphatic rings. The van der Waals surface area contributed by atoms with Crippen LogP contribution in [0.15, 0.2) is 36.4 Å². The zero-order valence-corrected chi connectivity index (χ0v) is 16.4. The van der Waals surface area contributed by atoms with Gasteiger partial charge in [-0.25, -0.2) is 14.8 Å². The molecule has 1 fully saturated rings. The number of nitrogens with zero attached hydrogens (tertiary/aromatic N) is 4. The van der Waals surface area contributed by atoms with Gasteiger partial charge in [-0.15, -0.1) is 0 Å². The van der Waals surface area contributed by atoms with E-state index in [1.54, 1.807) is 11.7 Å². The van der Waals surface area contributed by atoms with Crippen LogP contribution in [0.25, 0.3) is 0 Å². The molecule has 0 atom stereocenters. The average molecular weight is 369 g/mol. The molecule has 0 spiro atoms. The van der Waals surface area contributed by atoms with Gasteiger partial charge in [0.05, 0.1) is 5.69 Å². The zero-order valence-electron chi connectivity index (χ0n) is 16.4. The first-order chi connectivity index (χ1) is 12.8. The van der Waals surface area contributed by atoms with Gasteiger partial charge in [0.2, 0.25) is 0 Å². The van der Waals surface area contributed by atoms with Crippen molar-refractivity contribution in [1.29, 1.82) is 0 Å². The Hall–Kier alpha value is -2.83. The minimum Gasteiger partial charge on any atom is -0.332 e. The summed E-state index contributed by atoms with van der Waals surface area (Å²) < 4.78 is 1.60. The highest BCUT2D eigenvalue weighted by Crippen LogP contribution is 2.23. The van der Waals surface area contributed by atoms with Gasteiger partial charge in [0.1, 0.15) is 5.69 Å². The van der Waals surface area contributed by atoms with Crippen molar-refractivity contribution in [3.63, 3.8) is 0 Å². The molecule has 3 amide bonds. The van der Waals surface area contributed by atoms with E-state index in [0.29, 0.717) is 25.3 Å². The van der Waals surface area contributed by atoms with Gasteiger partial charge in [0.15, 0.2) is 0 Å². The second-order valence-corrected chi connectivity index (χ2v) is 7.84. The lowest BCUT2D eigenvalue weighted by molar-refractivity contribution is 0.0365. The molecule has 1 N–H and O–H groups in total. The Labute approximate surface area is 159 Å². The Morgan fingerprint density at radius 3 is 2.41 bits per heavy atom. The van der Waals surface area contributed by atoms with Gasteiger partial charge < -0.3 is 5.32 Å². The van der Waals surface area contributed by atoms with Crippen molar-refractivity contribution < 1.29 is 9.59 Å². The number of aryl methyl sites for hydroxylation is 1. The average Bonchev–Trinajstić information content (AvgIpc) is 3.26. The van der Waals surface area contributed by atoms with E-state index in [-0.39, 0.29) is 17.4 Å². The molecule has 0 aliphatic carbocycles. The van der Waals surface area contributed by atoms with E-state index in [1.807, 2.05) is 36.4 Å². The van der Waals surface area contributed by atoms with Crippen molar-refractivity contribution in [2.75, 3.05) is 13.1 Å². The molecule has 0 unspecified atom stereocenters. The highest BCUT2D eigenvalue weighted by Gasteiger charge is 2.33. The number of nitrogens with one attached hydrogen (secondary N) is 1. The number of urea groups is 1. The van der Waals surface area contributed by atoms with Crippen LogP contribution < -0.4 is 5.32 Å². The third-order valence-electron chi connectivity index (χ3n) is 4.65. The second-order valence-electron chi connectivity index (χ2n) is 7.84. The van der Waals surface area contributed by atoms with Gasteiger partial charge in [-0.1, -0.05) is 51.1 Å². The molecule has 0 bridgehead atoms. The maximum absolute atomic E-state index is 13.0. The van der Waals surface area contributed by atoms with Crippen LogP contribution in [0, 0.1) is 0 Å². The standard InChI is InChI=1S/C20H27N5O2/c1-20(2,3)17-13-16(23(4)22-17)18(26)24-11-8-12-25(24)19(27)21-14-15-9-6-5-7-10-15/h5-7,9-10,13H,8,11-12,14H2,1-4H3,(H,21,27). The topological polar surface area (TPSA) is 70.5 Å². The van der Waals surface area contributed by atoms with Crippen LogP contribution in [0.4, 0.5) is 4.79 Å². The number of hydrogen-bond acceptors (Lipinski definition) is 3. The van der Waals surface area contributed by atoms with Crippen LogP contribution in [0.2, 0.25) is 0 Å². The van der Waals surface area contributed by atoms with E-state index in [1.165, 1.54) is 10.0 Å². The van der Waals surface area contributed by atoms with Gasteiger partial charge in [0, 0.05) is 32.1 Å². The molecule has 144 valence electrons. The number of rotatable bonds is 3. The molecular weight excluding hydrogens is 342 g/mol. The molecule has 2 aromatic rings. The minimum atomic E-state index is -0.261. The molecule has 27 heavy (non-hydrogen) atoms. The Balaban J connectivity index is 1.71. The molecule has 1 aromatic heterocycles. The third-order valence-corrected chi connectivity index (χ3v) is 4.65. The lowest BCUT2D eigenvalue weighted by Gasteiger charge is -2.27. The molecule has 0 radical (unpaired) electrons. The zero-order chi connectivity index (χ0) is 19.6. The van der Waals surface area contributed by atoms with Gasteiger partial charge in [-0.2, -0.15) is 5.10 Å². The van der Waals surface area contributed by atoms with E-state index in [4.69, 9.17) is 0 Å². The Morgan fingerprint density at radius 2 is 1.78 bits per heavy atom. The predicted molar refractivity (Wildman–Crippen MR) is 103 cm³/mol. The normalized spacial score (nSPS) is 14.5. The van der Waals surface area contributed by atoms with Crippen molar-refractivity contribution in [3.05, 3.63) is 53.3 Å². The van der Waals surface area contributed by atoms with Crippen LogP contribution in [0.3, 0.4) is 0 Å². The monoisotopic (exact) mass is 369 g/mol. The largest absolute Gasteiger partial charge is 0.336 e. The lowest BCUT2D eigenvalue weighted by atomic mass is 9.92. The Morgan fingerprint density at radius 1 is 1.11 bits per heavy atom. The smallest absolute Gasteiger partial charge is 0.332 e. The molecule has 1 saturated heterocycles. The maximum Gasteiger partial charge on any atom is 0.336 e. The predicted octanol–water partition coefficient (Wildman–Crippen LogP) is 2.69. The SMILES string of the molecule is Cn1nc(C(C)(C)C)cc1C(=O)N1CCCN1C(=O)NCc1ccccc1. The van der Waals surface area contributed by atoms with Gasteiger partial charge in [-0.3, -0.25) is 9.48 Å². The van der Waals surface area contributed by atoms with Crippen LogP contribution in [-0.2, 0) is 19.0 Å². The van der Waals surface area contributed by atoms with Crippen LogP contribution in [0.5, 0.6) is 0 Å². The van der Waals surface area contributed by atoms with E-state index in [9.17, 15) is 9.59 Å². The molecule has 0 saturated carbocycles. The van der Waals surface area contributed by atoms with Crippen molar-refractivity contribution in [2.45, 2.75) is 39.2 Å². The van der Waals surface area contributed by atoms with E-state index < -0.39 is 0 Å². The molecule has 1 aromatic carbocycles. The molecule has 1 aliphatic heterocycles. The summed E-state index contributed by atoms with van der Waals surface area (Å²) in [5.41, 5.74) is 2.22. The first-order valence-corrected chi connectivity index (χ1v) is 9.23. The summed E-state index contributed by atoms with van der Waals surface area (Å²) in [4.78, 5) is 25.7. The number of aromatic nitrogens is 2. The van der Waals surface area contributed by atoms with E-state index >= 15 is 0 Å².